The molecule has 33 heavy (non-hydrogen) atoms. The fourth-order valence-electron chi connectivity index (χ4n) is 2.86. The molecule has 172 valence electrons. The van der Waals surface area contributed by atoms with Gasteiger partial charge in [-0.05, 0) is 46.2 Å². The second kappa shape index (κ2) is 10.8. The van der Waals surface area contributed by atoms with Crippen LogP contribution in [0.1, 0.15) is 38.7 Å². The summed E-state index contributed by atoms with van der Waals surface area (Å²) >= 11 is 0. The van der Waals surface area contributed by atoms with E-state index in [0.29, 0.717) is 42.0 Å². The Labute approximate surface area is 193 Å². The topological polar surface area (TPSA) is 104 Å². The van der Waals surface area contributed by atoms with Crippen molar-refractivity contribution in [1.29, 1.82) is 0 Å². The Hall–Kier alpha value is -3.69. The van der Waals surface area contributed by atoms with E-state index in [4.69, 9.17) is 6.42 Å². The lowest BCUT2D eigenvalue weighted by Gasteiger charge is -2.18. The number of hydrogen-bond acceptors (Lipinski definition) is 7. The van der Waals surface area contributed by atoms with Crippen molar-refractivity contribution in [2.75, 3.05) is 24.2 Å². The third-order valence-electron chi connectivity index (χ3n) is 4.99. The van der Waals surface area contributed by atoms with Crippen molar-refractivity contribution in [3.05, 3.63) is 36.0 Å². The number of nitrogens with zero attached hydrogens (tertiary/aromatic N) is 3. The van der Waals surface area contributed by atoms with Crippen LogP contribution < -0.4 is 21.3 Å². The van der Waals surface area contributed by atoms with E-state index >= 15 is 0 Å². The Morgan fingerprint density at radius 1 is 1.36 bits per heavy atom. The van der Waals surface area contributed by atoms with Crippen LogP contribution in [0.15, 0.2) is 24.5 Å². The highest BCUT2D eigenvalue weighted by atomic mass is 19.1. The van der Waals surface area contributed by atoms with Gasteiger partial charge in [-0.15, -0.1) is 6.42 Å². The van der Waals surface area contributed by atoms with Crippen molar-refractivity contribution >= 4 is 23.4 Å². The maximum Gasteiger partial charge on any atom is 0.249 e. The largest absolute Gasteiger partial charge is 0.366 e. The van der Waals surface area contributed by atoms with Crippen LogP contribution in [0.2, 0.25) is 0 Å². The zero-order valence-electron chi connectivity index (χ0n) is 19.0. The number of carbonyl (C=O) groups is 1. The first kappa shape index (κ1) is 24.0. The van der Waals surface area contributed by atoms with Crippen molar-refractivity contribution < 1.29 is 9.18 Å². The van der Waals surface area contributed by atoms with Gasteiger partial charge in [-0.1, -0.05) is 17.8 Å². The normalized spacial score (nSPS) is 13.8. The van der Waals surface area contributed by atoms with E-state index in [1.165, 1.54) is 12.3 Å². The maximum atomic E-state index is 13.4. The number of carbonyl (C=O) groups excluding carboxylic acids is 1. The van der Waals surface area contributed by atoms with E-state index in [0.717, 1.165) is 12.8 Å². The smallest absolute Gasteiger partial charge is 0.249 e. The number of rotatable bonds is 9. The summed E-state index contributed by atoms with van der Waals surface area (Å²) in [6.45, 7) is 4.46. The summed E-state index contributed by atoms with van der Waals surface area (Å²) in [5.41, 5.74) is 0.821. The Balaban J connectivity index is 1.69. The SMILES string of the molecule is C#C[C@H](NC)C(=O)NCCC(C)(C)C#Cc1cnc(Nc2ccnc(F)c2)nc1NC1CC1. The van der Waals surface area contributed by atoms with Gasteiger partial charge < -0.3 is 16.0 Å². The van der Waals surface area contributed by atoms with Crippen LogP contribution in [0.5, 0.6) is 0 Å². The molecule has 2 heterocycles. The average molecular weight is 450 g/mol. The molecule has 2 aromatic rings. The Bertz CT molecular complexity index is 1100. The Kier molecular flexibility index (Phi) is 7.81. The van der Waals surface area contributed by atoms with Gasteiger partial charge in [0, 0.05) is 36.0 Å². The molecule has 1 aliphatic carbocycles. The highest BCUT2D eigenvalue weighted by Gasteiger charge is 2.23. The van der Waals surface area contributed by atoms with Crippen molar-refractivity contribution in [3.8, 4) is 24.2 Å². The first-order valence-corrected chi connectivity index (χ1v) is 10.8. The van der Waals surface area contributed by atoms with Crippen LogP contribution >= 0.6 is 0 Å². The van der Waals surface area contributed by atoms with Crippen LogP contribution in [0.4, 0.5) is 21.8 Å². The van der Waals surface area contributed by atoms with E-state index in [1.54, 1.807) is 19.3 Å². The van der Waals surface area contributed by atoms with Crippen LogP contribution in [0, 0.1) is 35.5 Å². The number of halogens is 1. The van der Waals surface area contributed by atoms with Gasteiger partial charge in [0.1, 0.15) is 11.9 Å². The quantitative estimate of drug-likeness (QED) is 0.344. The summed E-state index contributed by atoms with van der Waals surface area (Å²) < 4.78 is 13.4. The van der Waals surface area contributed by atoms with E-state index in [-0.39, 0.29) is 11.3 Å². The molecule has 3 rings (SSSR count). The average Bonchev–Trinajstić information content (AvgIpc) is 3.58. The monoisotopic (exact) mass is 449 g/mol. The highest BCUT2D eigenvalue weighted by Crippen LogP contribution is 2.27. The van der Waals surface area contributed by atoms with Crippen LogP contribution in [-0.4, -0.2) is 46.5 Å². The minimum atomic E-state index is -0.650. The van der Waals surface area contributed by atoms with E-state index in [2.05, 4.69) is 54.0 Å². The summed E-state index contributed by atoms with van der Waals surface area (Å²) in [6.07, 6.45) is 11.1. The third-order valence-corrected chi connectivity index (χ3v) is 4.99. The van der Waals surface area contributed by atoms with Crippen molar-refractivity contribution in [3.63, 3.8) is 0 Å². The molecule has 1 fully saturated rings. The van der Waals surface area contributed by atoms with Gasteiger partial charge in [0.05, 0.1) is 11.8 Å². The predicted octanol–water partition coefficient (Wildman–Crippen LogP) is 2.43. The first-order valence-electron chi connectivity index (χ1n) is 10.8. The molecule has 0 saturated heterocycles. The van der Waals surface area contributed by atoms with Gasteiger partial charge in [-0.2, -0.15) is 9.37 Å². The van der Waals surface area contributed by atoms with Crippen LogP contribution in [0.25, 0.3) is 0 Å². The second-order valence-electron chi connectivity index (χ2n) is 8.43. The molecule has 1 atom stereocenters. The lowest BCUT2D eigenvalue weighted by atomic mass is 9.90. The van der Waals surface area contributed by atoms with Crippen molar-refractivity contribution in [2.45, 2.75) is 45.2 Å². The van der Waals surface area contributed by atoms with Gasteiger partial charge in [0.25, 0.3) is 0 Å². The molecule has 0 unspecified atom stereocenters. The van der Waals surface area contributed by atoms with Gasteiger partial charge in [0.2, 0.25) is 17.8 Å². The molecule has 1 amide bonds. The molecular weight excluding hydrogens is 421 g/mol. The molecule has 1 aliphatic rings. The molecule has 0 aromatic carbocycles. The van der Waals surface area contributed by atoms with E-state index in [1.807, 2.05) is 13.8 Å². The molecule has 0 bridgehead atoms. The summed E-state index contributed by atoms with van der Waals surface area (Å²) in [6, 6.07) is 2.63. The second-order valence-corrected chi connectivity index (χ2v) is 8.43. The highest BCUT2D eigenvalue weighted by molar-refractivity contribution is 5.84. The number of anilines is 3. The molecule has 1 saturated carbocycles. The fourth-order valence-corrected chi connectivity index (χ4v) is 2.86. The summed E-state index contributed by atoms with van der Waals surface area (Å²) in [5, 5.41) is 12.0. The molecule has 0 aliphatic heterocycles. The number of aromatic nitrogens is 3. The van der Waals surface area contributed by atoms with E-state index < -0.39 is 12.0 Å². The minimum Gasteiger partial charge on any atom is -0.366 e. The molecule has 0 radical (unpaired) electrons. The molecule has 4 N–H and O–H groups in total. The van der Waals surface area contributed by atoms with Gasteiger partial charge in [-0.25, -0.2) is 9.97 Å². The summed E-state index contributed by atoms with van der Waals surface area (Å²) in [7, 11) is 1.64. The number of amides is 1. The standard InChI is InChI=1S/C24H28FN7O/c1-5-19(26-4)22(33)28-13-11-24(2,3)10-8-16-15-29-23(32-21(16)30-17-6-7-17)31-18-9-12-27-20(25)14-18/h1,9,12,14-15,17,19,26H,6-7,11,13H2,2-4H3,(H,28,33)(H2,27,29,30,31,32)/t19-/m0/s1. The zero-order valence-corrected chi connectivity index (χ0v) is 19.0. The number of nitrogens with one attached hydrogen (secondary N) is 4. The molecule has 9 heteroatoms. The molecule has 0 spiro atoms. The van der Waals surface area contributed by atoms with Crippen molar-refractivity contribution in [2.24, 2.45) is 5.41 Å². The lowest BCUT2D eigenvalue weighted by Crippen LogP contribution is -2.42. The van der Waals surface area contributed by atoms with Crippen LogP contribution in [-0.2, 0) is 4.79 Å². The molecule has 8 nitrogen and oxygen atoms in total. The number of terminal acetylenes is 1. The molecule has 2 aromatic heterocycles. The van der Waals surface area contributed by atoms with Crippen LogP contribution in [0.3, 0.4) is 0 Å². The summed E-state index contributed by atoms with van der Waals surface area (Å²) in [5.74, 6) is 8.99. The number of pyridine rings is 1. The minimum absolute atomic E-state index is 0.231. The Morgan fingerprint density at radius 3 is 2.82 bits per heavy atom. The lowest BCUT2D eigenvalue weighted by molar-refractivity contribution is -0.121. The maximum absolute atomic E-state index is 13.4. The van der Waals surface area contributed by atoms with Gasteiger partial charge >= 0.3 is 0 Å². The van der Waals surface area contributed by atoms with E-state index in [9.17, 15) is 9.18 Å². The first-order chi connectivity index (χ1) is 15.8. The third kappa shape index (κ3) is 7.44. The van der Waals surface area contributed by atoms with Gasteiger partial charge in [0.15, 0.2) is 0 Å². The summed E-state index contributed by atoms with van der Waals surface area (Å²) in [4.78, 5) is 24.4. The predicted molar refractivity (Wildman–Crippen MR) is 126 cm³/mol. The fraction of sp³-hybridized carbons (Fsp3) is 0.417. The van der Waals surface area contributed by atoms with Crippen molar-refractivity contribution in [1.82, 2.24) is 25.6 Å². The number of hydrogen-bond donors (Lipinski definition) is 4. The molecular formula is C24H28FN7O. The Morgan fingerprint density at radius 2 is 2.15 bits per heavy atom. The van der Waals surface area contributed by atoms with Gasteiger partial charge in [-0.3, -0.25) is 10.1 Å². The zero-order chi connectivity index (χ0) is 23.8. The number of likely N-dealkylation sites (N-methyl/N-ethyl adjacent to an activating group) is 1.